The Hall–Kier alpha value is -2.90. The average molecular weight is 387 g/mol. The molecule has 0 aliphatic rings. The van der Waals surface area contributed by atoms with Crippen molar-refractivity contribution in [2.24, 2.45) is 0 Å². The molecule has 2 aromatic carbocycles. The molecule has 3 rings (SSSR count). The molecule has 7 nitrogen and oxygen atoms in total. The van der Waals surface area contributed by atoms with Crippen molar-refractivity contribution in [1.82, 2.24) is 15.0 Å². The SMILES string of the molecule is COCc1c(C(=O)Nc2cc(OC)ccc2Cl)nnn1-c1ccc(C)cc1. The summed E-state index contributed by atoms with van der Waals surface area (Å²) < 4.78 is 12.0. The van der Waals surface area contributed by atoms with Crippen molar-refractivity contribution in [1.29, 1.82) is 0 Å². The van der Waals surface area contributed by atoms with Crippen LogP contribution in [0.15, 0.2) is 42.5 Å². The molecule has 140 valence electrons. The van der Waals surface area contributed by atoms with E-state index in [4.69, 9.17) is 21.1 Å². The Labute approximate surface area is 161 Å². The summed E-state index contributed by atoms with van der Waals surface area (Å²) in [5, 5.41) is 11.3. The smallest absolute Gasteiger partial charge is 0.278 e. The number of rotatable bonds is 6. The van der Waals surface area contributed by atoms with Crippen LogP contribution in [0.25, 0.3) is 5.69 Å². The topological polar surface area (TPSA) is 78.3 Å². The second-order valence-corrected chi connectivity index (χ2v) is 6.27. The Morgan fingerprint density at radius 1 is 1.19 bits per heavy atom. The minimum atomic E-state index is -0.435. The van der Waals surface area contributed by atoms with Gasteiger partial charge >= 0.3 is 0 Å². The van der Waals surface area contributed by atoms with Crippen LogP contribution in [0.4, 0.5) is 5.69 Å². The van der Waals surface area contributed by atoms with Crippen LogP contribution in [0.2, 0.25) is 5.02 Å². The number of anilines is 1. The number of amides is 1. The van der Waals surface area contributed by atoms with Gasteiger partial charge in [0.05, 0.1) is 30.1 Å². The molecule has 1 N–H and O–H groups in total. The van der Waals surface area contributed by atoms with Gasteiger partial charge < -0.3 is 14.8 Å². The van der Waals surface area contributed by atoms with Gasteiger partial charge in [0, 0.05) is 13.2 Å². The van der Waals surface area contributed by atoms with E-state index >= 15 is 0 Å². The van der Waals surface area contributed by atoms with Crippen LogP contribution in [0.3, 0.4) is 0 Å². The standard InChI is InChI=1S/C19H19ClN4O3/c1-12-4-6-13(7-5-12)24-17(11-26-2)18(22-23-24)19(25)21-16-10-14(27-3)8-9-15(16)20/h4-10H,11H2,1-3H3,(H,21,25). The van der Waals surface area contributed by atoms with Crippen molar-refractivity contribution in [3.8, 4) is 11.4 Å². The van der Waals surface area contributed by atoms with E-state index in [0.717, 1.165) is 11.3 Å². The Balaban J connectivity index is 1.94. The van der Waals surface area contributed by atoms with Crippen LogP contribution in [0.5, 0.6) is 5.75 Å². The van der Waals surface area contributed by atoms with E-state index in [1.54, 1.807) is 37.1 Å². The predicted octanol–water partition coefficient (Wildman–Crippen LogP) is 3.64. The lowest BCUT2D eigenvalue weighted by Crippen LogP contribution is -2.16. The normalized spacial score (nSPS) is 10.7. The van der Waals surface area contributed by atoms with Gasteiger partial charge in [0.1, 0.15) is 11.4 Å². The lowest BCUT2D eigenvalue weighted by atomic mass is 10.2. The molecular weight excluding hydrogens is 368 g/mol. The van der Waals surface area contributed by atoms with E-state index < -0.39 is 5.91 Å². The van der Waals surface area contributed by atoms with Crippen molar-refractivity contribution in [3.05, 3.63) is 64.4 Å². The van der Waals surface area contributed by atoms with Crippen molar-refractivity contribution < 1.29 is 14.3 Å². The fraction of sp³-hybridized carbons (Fsp3) is 0.211. The predicted molar refractivity (Wildman–Crippen MR) is 103 cm³/mol. The van der Waals surface area contributed by atoms with Crippen molar-refractivity contribution in [2.75, 3.05) is 19.5 Å². The summed E-state index contributed by atoms with van der Waals surface area (Å²) in [6.07, 6.45) is 0. The fourth-order valence-electron chi connectivity index (χ4n) is 2.55. The van der Waals surface area contributed by atoms with Gasteiger partial charge in [-0.3, -0.25) is 4.79 Å². The highest BCUT2D eigenvalue weighted by Gasteiger charge is 2.21. The van der Waals surface area contributed by atoms with Crippen molar-refractivity contribution in [2.45, 2.75) is 13.5 Å². The zero-order valence-corrected chi connectivity index (χ0v) is 15.9. The molecule has 0 atom stereocenters. The molecule has 1 heterocycles. The molecular formula is C19H19ClN4O3. The monoisotopic (exact) mass is 386 g/mol. The second-order valence-electron chi connectivity index (χ2n) is 5.87. The highest BCUT2D eigenvalue weighted by Crippen LogP contribution is 2.27. The third-order valence-electron chi connectivity index (χ3n) is 3.96. The molecule has 0 saturated heterocycles. The Morgan fingerprint density at radius 2 is 1.93 bits per heavy atom. The van der Waals surface area contributed by atoms with E-state index in [1.807, 2.05) is 31.2 Å². The summed E-state index contributed by atoms with van der Waals surface area (Å²) in [6.45, 7) is 2.17. The van der Waals surface area contributed by atoms with Crippen LogP contribution < -0.4 is 10.1 Å². The maximum atomic E-state index is 12.8. The molecule has 1 amide bonds. The van der Waals surface area contributed by atoms with Crippen LogP contribution in [-0.4, -0.2) is 35.1 Å². The summed E-state index contributed by atoms with van der Waals surface area (Å²) in [7, 11) is 3.09. The van der Waals surface area contributed by atoms with Gasteiger partial charge in [-0.2, -0.15) is 0 Å². The molecule has 0 unspecified atom stereocenters. The van der Waals surface area contributed by atoms with Crippen LogP contribution in [0, 0.1) is 6.92 Å². The Morgan fingerprint density at radius 3 is 2.59 bits per heavy atom. The number of nitrogens with one attached hydrogen (secondary N) is 1. The maximum absolute atomic E-state index is 12.8. The molecule has 8 heteroatoms. The quantitative estimate of drug-likeness (QED) is 0.699. The first-order chi connectivity index (χ1) is 13.0. The Bertz CT molecular complexity index is 954. The molecule has 0 aliphatic heterocycles. The second kappa shape index (κ2) is 8.20. The zero-order chi connectivity index (χ0) is 19.4. The highest BCUT2D eigenvalue weighted by atomic mass is 35.5. The maximum Gasteiger partial charge on any atom is 0.278 e. The van der Waals surface area contributed by atoms with Gasteiger partial charge in [0.15, 0.2) is 5.69 Å². The first-order valence-corrected chi connectivity index (χ1v) is 8.56. The summed E-state index contributed by atoms with van der Waals surface area (Å²) in [4.78, 5) is 12.8. The van der Waals surface area contributed by atoms with Gasteiger partial charge in [-0.05, 0) is 31.2 Å². The number of hydrogen-bond donors (Lipinski definition) is 1. The molecule has 0 fully saturated rings. The van der Waals surface area contributed by atoms with Gasteiger partial charge in [-0.1, -0.05) is 34.5 Å². The number of carbonyl (C=O) groups excluding carboxylic acids is 1. The summed E-state index contributed by atoms with van der Waals surface area (Å²) in [5.74, 6) is 0.144. The van der Waals surface area contributed by atoms with E-state index in [9.17, 15) is 4.79 Å². The number of carbonyl (C=O) groups is 1. The number of halogens is 1. The van der Waals surface area contributed by atoms with Crippen LogP contribution in [-0.2, 0) is 11.3 Å². The molecule has 27 heavy (non-hydrogen) atoms. The third kappa shape index (κ3) is 4.10. The van der Waals surface area contributed by atoms with Gasteiger partial charge in [0.2, 0.25) is 0 Å². The first-order valence-electron chi connectivity index (χ1n) is 8.19. The molecule has 0 spiro atoms. The highest BCUT2D eigenvalue weighted by molar-refractivity contribution is 6.34. The number of nitrogens with zero attached hydrogens (tertiary/aromatic N) is 3. The molecule has 0 saturated carbocycles. The fourth-order valence-corrected chi connectivity index (χ4v) is 2.71. The molecule has 0 aliphatic carbocycles. The minimum absolute atomic E-state index is 0.163. The average Bonchev–Trinajstić information content (AvgIpc) is 3.08. The van der Waals surface area contributed by atoms with Gasteiger partial charge in [0.25, 0.3) is 5.91 Å². The van der Waals surface area contributed by atoms with E-state index in [-0.39, 0.29) is 12.3 Å². The van der Waals surface area contributed by atoms with Crippen LogP contribution >= 0.6 is 11.6 Å². The molecule has 3 aromatic rings. The number of hydrogen-bond acceptors (Lipinski definition) is 5. The number of aromatic nitrogens is 3. The summed E-state index contributed by atoms with van der Waals surface area (Å²) >= 11 is 6.17. The number of methoxy groups -OCH3 is 2. The van der Waals surface area contributed by atoms with Gasteiger partial charge in [-0.25, -0.2) is 4.68 Å². The lowest BCUT2D eigenvalue weighted by molar-refractivity contribution is 0.101. The molecule has 1 aromatic heterocycles. The van der Waals surface area contributed by atoms with Crippen LogP contribution in [0.1, 0.15) is 21.7 Å². The first kappa shape index (κ1) is 18.9. The number of ether oxygens (including phenoxy) is 2. The molecule has 0 bridgehead atoms. The summed E-state index contributed by atoms with van der Waals surface area (Å²) in [6, 6.07) is 12.7. The largest absolute Gasteiger partial charge is 0.497 e. The number of aryl methyl sites for hydroxylation is 1. The zero-order valence-electron chi connectivity index (χ0n) is 15.2. The number of benzene rings is 2. The lowest BCUT2D eigenvalue weighted by Gasteiger charge is -2.10. The van der Waals surface area contributed by atoms with E-state index in [1.165, 1.54) is 0 Å². The Kier molecular flexibility index (Phi) is 5.73. The third-order valence-corrected chi connectivity index (χ3v) is 4.29. The van der Waals surface area contributed by atoms with E-state index in [2.05, 4.69) is 15.6 Å². The molecule has 0 radical (unpaired) electrons. The van der Waals surface area contributed by atoms with Crippen molar-refractivity contribution >= 4 is 23.2 Å². The van der Waals surface area contributed by atoms with Crippen molar-refractivity contribution in [3.63, 3.8) is 0 Å². The summed E-state index contributed by atoms with van der Waals surface area (Å²) in [5.41, 5.74) is 3.04. The van der Waals surface area contributed by atoms with E-state index in [0.29, 0.717) is 22.2 Å². The van der Waals surface area contributed by atoms with Gasteiger partial charge in [-0.15, -0.1) is 5.10 Å². The minimum Gasteiger partial charge on any atom is -0.497 e.